The van der Waals surface area contributed by atoms with Gasteiger partial charge in [0.15, 0.2) is 0 Å². The number of amides is 1. The van der Waals surface area contributed by atoms with Gasteiger partial charge < -0.3 is 15.2 Å². The molecule has 2 N–H and O–H groups in total. The molecule has 0 saturated heterocycles. The van der Waals surface area contributed by atoms with Gasteiger partial charge in [-0.3, -0.25) is 14.9 Å². The highest BCUT2D eigenvalue weighted by atomic mass is 32.2. The number of aryl methyl sites for hydroxylation is 2. The molecule has 9 heteroatoms. The highest BCUT2D eigenvalue weighted by molar-refractivity contribution is 7.98. The lowest BCUT2D eigenvalue weighted by molar-refractivity contribution is -0.384. The Morgan fingerprint density at radius 2 is 1.87 bits per heavy atom. The van der Waals surface area contributed by atoms with Crippen LogP contribution < -0.4 is 10.6 Å². The molecule has 156 valence electrons. The molecule has 1 aromatic heterocycles. The minimum absolute atomic E-state index is 0.00453. The van der Waals surface area contributed by atoms with E-state index >= 15 is 0 Å². The quantitative estimate of drug-likeness (QED) is 0.227. The minimum atomic E-state index is -0.437. The summed E-state index contributed by atoms with van der Waals surface area (Å²) in [5.74, 6) is 1.24. The van der Waals surface area contributed by atoms with Crippen molar-refractivity contribution < 1.29 is 14.2 Å². The SMILES string of the molecule is Cc1noc(C)c1CSc1ccccc1C(=O)NCCNc1ccccc1[N+](=O)[O-]. The van der Waals surface area contributed by atoms with Gasteiger partial charge in [-0.15, -0.1) is 11.8 Å². The molecule has 0 aliphatic carbocycles. The maximum Gasteiger partial charge on any atom is 0.292 e. The molecular weight excluding hydrogens is 404 g/mol. The molecule has 1 amide bonds. The summed E-state index contributed by atoms with van der Waals surface area (Å²) in [6.45, 7) is 4.46. The molecule has 0 aliphatic heterocycles. The second-order valence-electron chi connectivity index (χ2n) is 6.54. The van der Waals surface area contributed by atoms with Crippen molar-refractivity contribution >= 4 is 29.0 Å². The normalized spacial score (nSPS) is 10.6. The number of nitrogens with one attached hydrogen (secondary N) is 2. The highest BCUT2D eigenvalue weighted by Crippen LogP contribution is 2.29. The first-order valence-electron chi connectivity index (χ1n) is 9.36. The highest BCUT2D eigenvalue weighted by Gasteiger charge is 2.15. The average molecular weight is 426 g/mol. The van der Waals surface area contributed by atoms with Gasteiger partial charge in [-0.05, 0) is 32.0 Å². The number of anilines is 1. The zero-order valence-electron chi connectivity index (χ0n) is 16.7. The third kappa shape index (κ3) is 5.18. The fraction of sp³-hybridized carbons (Fsp3) is 0.238. The zero-order chi connectivity index (χ0) is 21.5. The molecule has 0 fully saturated rings. The first-order valence-corrected chi connectivity index (χ1v) is 10.3. The van der Waals surface area contributed by atoms with E-state index in [4.69, 9.17) is 4.52 Å². The predicted molar refractivity (Wildman–Crippen MR) is 116 cm³/mol. The lowest BCUT2D eigenvalue weighted by Crippen LogP contribution is -2.29. The van der Waals surface area contributed by atoms with Crippen molar-refractivity contribution in [1.82, 2.24) is 10.5 Å². The van der Waals surface area contributed by atoms with E-state index in [-0.39, 0.29) is 11.6 Å². The van der Waals surface area contributed by atoms with Crippen LogP contribution in [0, 0.1) is 24.0 Å². The first kappa shape index (κ1) is 21.4. The zero-order valence-corrected chi connectivity index (χ0v) is 17.5. The van der Waals surface area contributed by atoms with Crippen LogP contribution in [-0.4, -0.2) is 29.1 Å². The van der Waals surface area contributed by atoms with E-state index in [1.807, 2.05) is 32.0 Å². The summed E-state index contributed by atoms with van der Waals surface area (Å²) in [5, 5.41) is 20.9. The lowest BCUT2D eigenvalue weighted by Gasteiger charge is -2.11. The minimum Gasteiger partial charge on any atom is -0.378 e. The molecule has 0 bridgehead atoms. The van der Waals surface area contributed by atoms with Crippen LogP contribution in [0.15, 0.2) is 57.9 Å². The van der Waals surface area contributed by atoms with Gasteiger partial charge in [-0.2, -0.15) is 0 Å². The topological polar surface area (TPSA) is 110 Å². The van der Waals surface area contributed by atoms with E-state index in [1.165, 1.54) is 6.07 Å². The van der Waals surface area contributed by atoms with Crippen LogP contribution >= 0.6 is 11.8 Å². The number of carbonyl (C=O) groups is 1. The fourth-order valence-corrected chi connectivity index (χ4v) is 4.09. The Morgan fingerprint density at radius 1 is 1.13 bits per heavy atom. The number of nitro benzene ring substituents is 1. The van der Waals surface area contributed by atoms with Crippen molar-refractivity contribution in [3.05, 3.63) is 81.2 Å². The number of carbonyl (C=O) groups excluding carboxylic acids is 1. The number of hydrogen-bond donors (Lipinski definition) is 2. The third-order valence-electron chi connectivity index (χ3n) is 4.51. The molecule has 0 aliphatic rings. The summed E-state index contributed by atoms with van der Waals surface area (Å²) in [4.78, 5) is 24.1. The van der Waals surface area contributed by atoms with E-state index in [1.54, 1.807) is 36.0 Å². The van der Waals surface area contributed by atoms with E-state index < -0.39 is 4.92 Å². The molecule has 3 rings (SSSR count). The van der Waals surface area contributed by atoms with Crippen molar-refractivity contribution in [2.24, 2.45) is 0 Å². The van der Waals surface area contributed by atoms with E-state index in [2.05, 4.69) is 15.8 Å². The van der Waals surface area contributed by atoms with Gasteiger partial charge in [-0.1, -0.05) is 29.4 Å². The van der Waals surface area contributed by atoms with E-state index in [0.717, 1.165) is 21.9 Å². The Hall–Kier alpha value is -3.33. The Labute approximate surface area is 178 Å². The average Bonchev–Trinajstić information content (AvgIpc) is 3.07. The van der Waals surface area contributed by atoms with Crippen molar-refractivity contribution in [2.45, 2.75) is 24.5 Å². The maximum atomic E-state index is 12.7. The molecule has 3 aromatic rings. The number of para-hydroxylation sites is 2. The van der Waals surface area contributed by atoms with Crippen LogP contribution in [0.2, 0.25) is 0 Å². The van der Waals surface area contributed by atoms with Crippen molar-refractivity contribution in [3.8, 4) is 0 Å². The largest absolute Gasteiger partial charge is 0.378 e. The molecule has 8 nitrogen and oxygen atoms in total. The van der Waals surface area contributed by atoms with Crippen LogP contribution in [0.25, 0.3) is 0 Å². The van der Waals surface area contributed by atoms with Gasteiger partial charge in [0.25, 0.3) is 11.6 Å². The smallest absolute Gasteiger partial charge is 0.292 e. The number of benzene rings is 2. The molecule has 1 heterocycles. The summed E-state index contributed by atoms with van der Waals surface area (Å²) in [6, 6.07) is 13.8. The second kappa shape index (κ2) is 9.93. The molecule has 0 unspecified atom stereocenters. The summed E-state index contributed by atoms with van der Waals surface area (Å²) >= 11 is 1.55. The second-order valence-corrected chi connectivity index (χ2v) is 7.56. The Kier molecular flexibility index (Phi) is 7.08. The van der Waals surface area contributed by atoms with E-state index in [9.17, 15) is 14.9 Å². The maximum absolute atomic E-state index is 12.7. The number of hydrogen-bond acceptors (Lipinski definition) is 7. The van der Waals surface area contributed by atoms with Gasteiger partial charge >= 0.3 is 0 Å². The van der Waals surface area contributed by atoms with E-state index in [0.29, 0.717) is 30.1 Å². The monoisotopic (exact) mass is 426 g/mol. The van der Waals surface area contributed by atoms with Crippen molar-refractivity contribution in [1.29, 1.82) is 0 Å². The molecule has 2 aromatic carbocycles. The number of nitrogens with zero attached hydrogens (tertiary/aromatic N) is 2. The van der Waals surface area contributed by atoms with Crippen LogP contribution in [0.1, 0.15) is 27.4 Å². The third-order valence-corrected chi connectivity index (χ3v) is 5.61. The standard InChI is InChI=1S/C21H22N4O4S/c1-14-17(15(2)29-24-14)13-30-20-10-6-3-7-16(20)21(26)23-12-11-22-18-8-4-5-9-19(18)25(27)28/h3-10,22H,11-13H2,1-2H3,(H,23,26). The number of nitro groups is 1. The first-order chi connectivity index (χ1) is 14.5. The van der Waals surface area contributed by atoms with Gasteiger partial charge in [-0.25, -0.2) is 0 Å². The number of thioether (sulfide) groups is 1. The van der Waals surface area contributed by atoms with Crippen LogP contribution in [0.3, 0.4) is 0 Å². The summed E-state index contributed by atoms with van der Waals surface area (Å²) in [7, 11) is 0. The molecule has 30 heavy (non-hydrogen) atoms. The van der Waals surface area contributed by atoms with Gasteiger partial charge in [0, 0.05) is 35.4 Å². The molecule has 0 radical (unpaired) electrons. The fourth-order valence-electron chi connectivity index (χ4n) is 2.89. The molecule has 0 spiro atoms. The van der Waals surface area contributed by atoms with Crippen LogP contribution in [-0.2, 0) is 5.75 Å². The number of rotatable bonds is 9. The Bertz CT molecular complexity index is 1030. The lowest BCUT2D eigenvalue weighted by atomic mass is 10.2. The van der Waals surface area contributed by atoms with Crippen LogP contribution in [0.4, 0.5) is 11.4 Å². The summed E-state index contributed by atoms with van der Waals surface area (Å²) < 4.78 is 5.19. The molecule has 0 saturated carbocycles. The number of aromatic nitrogens is 1. The summed E-state index contributed by atoms with van der Waals surface area (Å²) in [5.41, 5.74) is 2.89. The Balaban J connectivity index is 1.57. The van der Waals surface area contributed by atoms with Crippen molar-refractivity contribution in [3.63, 3.8) is 0 Å². The summed E-state index contributed by atoms with van der Waals surface area (Å²) in [6.07, 6.45) is 0. The Morgan fingerprint density at radius 3 is 2.60 bits per heavy atom. The molecular formula is C21H22N4O4S. The predicted octanol–water partition coefficient (Wildman–Crippen LogP) is 4.33. The van der Waals surface area contributed by atoms with Gasteiger partial charge in [0.05, 0.1) is 16.2 Å². The van der Waals surface area contributed by atoms with Gasteiger partial charge in [0.1, 0.15) is 11.4 Å². The van der Waals surface area contributed by atoms with Gasteiger partial charge in [0.2, 0.25) is 0 Å². The van der Waals surface area contributed by atoms with Crippen molar-refractivity contribution in [2.75, 3.05) is 18.4 Å². The molecule has 0 atom stereocenters. The van der Waals surface area contributed by atoms with Crippen LogP contribution in [0.5, 0.6) is 0 Å².